The Morgan fingerprint density at radius 1 is 1.33 bits per heavy atom. The third-order valence-electron chi connectivity index (χ3n) is 2.59. The zero-order valence-electron chi connectivity index (χ0n) is 8.16. The molecular weight excluding hydrogens is 174 g/mol. The van der Waals surface area contributed by atoms with Crippen LogP contribution in [0.3, 0.4) is 0 Å². The second kappa shape index (κ2) is 2.70. The molecule has 4 heteroatoms. The van der Waals surface area contributed by atoms with Crippen LogP contribution in [0.1, 0.15) is 20.8 Å². The third-order valence-corrected chi connectivity index (χ3v) is 4.51. The third kappa shape index (κ3) is 1.80. The second-order valence-corrected chi connectivity index (χ2v) is 6.74. The Morgan fingerprint density at radius 2 is 1.83 bits per heavy atom. The molecule has 3 nitrogen and oxygen atoms in total. The number of hydrogen-bond donors (Lipinski definition) is 0. The van der Waals surface area contributed by atoms with Gasteiger partial charge in [0, 0.05) is 13.6 Å². The maximum absolute atomic E-state index is 11.3. The van der Waals surface area contributed by atoms with Gasteiger partial charge < -0.3 is 0 Å². The molecule has 0 bridgehead atoms. The Bertz CT molecular complexity index is 263. The minimum atomic E-state index is -2.92. The molecule has 0 aromatic carbocycles. The second-order valence-electron chi connectivity index (χ2n) is 4.62. The molecule has 1 heterocycles. The van der Waals surface area contributed by atoms with Crippen LogP contribution in [-0.2, 0) is 10.0 Å². The summed E-state index contributed by atoms with van der Waals surface area (Å²) in [7, 11) is -1.27. The van der Waals surface area contributed by atoms with E-state index in [1.807, 2.05) is 0 Å². The summed E-state index contributed by atoms with van der Waals surface area (Å²) in [4.78, 5) is 0. The Balaban J connectivity index is 2.81. The van der Waals surface area contributed by atoms with Crippen molar-refractivity contribution in [3.05, 3.63) is 0 Å². The van der Waals surface area contributed by atoms with Crippen molar-refractivity contribution in [3.63, 3.8) is 0 Å². The van der Waals surface area contributed by atoms with Gasteiger partial charge in [0.1, 0.15) is 0 Å². The molecule has 0 aromatic heterocycles. The average molecular weight is 191 g/mol. The predicted molar refractivity (Wildman–Crippen MR) is 49.4 cm³/mol. The molecule has 1 aliphatic heterocycles. The molecule has 1 fully saturated rings. The highest BCUT2D eigenvalue weighted by molar-refractivity contribution is 7.89. The van der Waals surface area contributed by atoms with Crippen LogP contribution in [0.25, 0.3) is 0 Å². The zero-order valence-corrected chi connectivity index (χ0v) is 8.98. The maximum atomic E-state index is 11.3. The summed E-state index contributed by atoms with van der Waals surface area (Å²) in [5.74, 6) is 0.583. The molecule has 0 aromatic rings. The fourth-order valence-electron chi connectivity index (χ4n) is 1.38. The van der Waals surface area contributed by atoms with E-state index in [0.29, 0.717) is 12.3 Å². The molecule has 1 unspecified atom stereocenters. The molecular formula is C8H17NO2S. The Morgan fingerprint density at radius 3 is 2.00 bits per heavy atom. The molecule has 0 N–H and O–H groups in total. The number of rotatable bonds is 0. The monoisotopic (exact) mass is 191 g/mol. The Hall–Kier alpha value is -0.0900. The standard InChI is InChI=1S/C8H17NO2S/c1-8(2,3)7-5-9(4)12(10,11)6-7/h7H,5-6H2,1-4H3. The van der Waals surface area contributed by atoms with Crippen LogP contribution in [0.4, 0.5) is 0 Å². The van der Waals surface area contributed by atoms with Crippen molar-refractivity contribution in [2.24, 2.45) is 11.3 Å². The lowest BCUT2D eigenvalue weighted by atomic mass is 9.82. The van der Waals surface area contributed by atoms with E-state index in [9.17, 15) is 8.42 Å². The van der Waals surface area contributed by atoms with E-state index in [4.69, 9.17) is 0 Å². The molecule has 0 radical (unpaired) electrons. The number of hydrogen-bond acceptors (Lipinski definition) is 2. The van der Waals surface area contributed by atoms with E-state index in [0.717, 1.165) is 0 Å². The lowest BCUT2D eigenvalue weighted by Crippen LogP contribution is -2.24. The molecule has 0 aliphatic carbocycles. The van der Waals surface area contributed by atoms with Gasteiger partial charge in [-0.15, -0.1) is 0 Å². The van der Waals surface area contributed by atoms with Crippen molar-refractivity contribution in [1.82, 2.24) is 4.31 Å². The molecule has 12 heavy (non-hydrogen) atoms. The van der Waals surface area contributed by atoms with Crippen LogP contribution in [0, 0.1) is 11.3 Å². The predicted octanol–water partition coefficient (Wildman–Crippen LogP) is 0.924. The molecule has 0 amide bonds. The van der Waals surface area contributed by atoms with Crippen LogP contribution in [0.2, 0.25) is 0 Å². The van der Waals surface area contributed by atoms with Crippen LogP contribution >= 0.6 is 0 Å². The molecule has 1 saturated heterocycles. The van der Waals surface area contributed by atoms with Gasteiger partial charge in [0.2, 0.25) is 10.0 Å². The summed E-state index contributed by atoms with van der Waals surface area (Å²) >= 11 is 0. The fraction of sp³-hybridized carbons (Fsp3) is 1.00. The van der Waals surface area contributed by atoms with Gasteiger partial charge in [-0.2, -0.15) is 0 Å². The normalized spacial score (nSPS) is 30.8. The number of nitrogens with zero attached hydrogens (tertiary/aromatic N) is 1. The first-order valence-corrected chi connectivity index (χ1v) is 5.78. The highest BCUT2D eigenvalue weighted by Crippen LogP contribution is 2.32. The minimum absolute atomic E-state index is 0.0951. The molecule has 1 rings (SSSR count). The van der Waals surface area contributed by atoms with Gasteiger partial charge in [0.25, 0.3) is 0 Å². The summed E-state index contributed by atoms with van der Waals surface area (Å²) in [5, 5.41) is 0. The Labute approximate surface area is 74.8 Å². The van der Waals surface area contributed by atoms with E-state index in [-0.39, 0.29) is 11.3 Å². The lowest BCUT2D eigenvalue weighted by molar-refractivity contribution is 0.252. The number of sulfonamides is 1. The van der Waals surface area contributed by atoms with Gasteiger partial charge in [0.15, 0.2) is 0 Å². The van der Waals surface area contributed by atoms with Gasteiger partial charge >= 0.3 is 0 Å². The van der Waals surface area contributed by atoms with Crippen LogP contribution in [0.15, 0.2) is 0 Å². The van der Waals surface area contributed by atoms with E-state index in [2.05, 4.69) is 20.8 Å². The summed E-state index contributed by atoms with van der Waals surface area (Å²) in [6.07, 6.45) is 0. The van der Waals surface area contributed by atoms with Crippen molar-refractivity contribution in [2.75, 3.05) is 19.3 Å². The van der Waals surface area contributed by atoms with Crippen LogP contribution < -0.4 is 0 Å². The SMILES string of the molecule is CN1CC(C(C)(C)C)CS1(=O)=O. The van der Waals surface area contributed by atoms with Crippen molar-refractivity contribution < 1.29 is 8.42 Å². The highest BCUT2D eigenvalue weighted by Gasteiger charge is 2.39. The van der Waals surface area contributed by atoms with Gasteiger partial charge in [-0.05, 0) is 11.3 Å². The average Bonchev–Trinajstić information content (AvgIpc) is 2.06. The van der Waals surface area contributed by atoms with E-state index in [1.54, 1.807) is 7.05 Å². The first kappa shape index (κ1) is 9.99. The first-order valence-electron chi connectivity index (χ1n) is 4.17. The van der Waals surface area contributed by atoms with Gasteiger partial charge in [-0.25, -0.2) is 12.7 Å². The quantitative estimate of drug-likeness (QED) is 0.571. The maximum Gasteiger partial charge on any atom is 0.214 e. The lowest BCUT2D eigenvalue weighted by Gasteiger charge is -2.24. The van der Waals surface area contributed by atoms with Crippen LogP contribution in [0.5, 0.6) is 0 Å². The molecule has 1 atom stereocenters. The topological polar surface area (TPSA) is 37.4 Å². The molecule has 72 valence electrons. The minimum Gasteiger partial charge on any atom is -0.212 e. The Kier molecular flexibility index (Phi) is 2.25. The first-order chi connectivity index (χ1) is 5.23. The van der Waals surface area contributed by atoms with E-state index >= 15 is 0 Å². The van der Waals surface area contributed by atoms with Crippen LogP contribution in [-0.4, -0.2) is 32.1 Å². The van der Waals surface area contributed by atoms with E-state index in [1.165, 1.54) is 4.31 Å². The smallest absolute Gasteiger partial charge is 0.212 e. The zero-order chi connectivity index (χ0) is 9.57. The van der Waals surface area contributed by atoms with Crippen molar-refractivity contribution >= 4 is 10.0 Å². The summed E-state index contributed by atoms with van der Waals surface area (Å²) in [6, 6.07) is 0. The van der Waals surface area contributed by atoms with Gasteiger partial charge in [-0.1, -0.05) is 20.8 Å². The molecule has 0 saturated carbocycles. The fourth-order valence-corrected chi connectivity index (χ4v) is 3.16. The highest BCUT2D eigenvalue weighted by atomic mass is 32.2. The molecule has 1 aliphatic rings. The van der Waals surface area contributed by atoms with Crippen molar-refractivity contribution in [1.29, 1.82) is 0 Å². The van der Waals surface area contributed by atoms with Crippen molar-refractivity contribution in [2.45, 2.75) is 20.8 Å². The molecule has 0 spiro atoms. The van der Waals surface area contributed by atoms with Gasteiger partial charge in [0.05, 0.1) is 5.75 Å². The summed E-state index contributed by atoms with van der Waals surface area (Å²) in [5.41, 5.74) is 0.0951. The van der Waals surface area contributed by atoms with Gasteiger partial charge in [-0.3, -0.25) is 0 Å². The summed E-state index contributed by atoms with van der Waals surface area (Å²) in [6.45, 7) is 6.94. The largest absolute Gasteiger partial charge is 0.214 e. The summed E-state index contributed by atoms with van der Waals surface area (Å²) < 4.78 is 24.2. The van der Waals surface area contributed by atoms with E-state index < -0.39 is 10.0 Å². The van der Waals surface area contributed by atoms with Crippen molar-refractivity contribution in [3.8, 4) is 0 Å².